The van der Waals surface area contributed by atoms with Crippen LogP contribution in [0.15, 0.2) is 65.6 Å². The number of ether oxygens (including phenoxy) is 2. The van der Waals surface area contributed by atoms with Gasteiger partial charge in [0.05, 0.1) is 25.5 Å². The number of likely N-dealkylation sites (N-methyl/N-ethyl adjacent to an activating group) is 1. The van der Waals surface area contributed by atoms with Crippen molar-refractivity contribution in [3.8, 4) is 11.5 Å². The lowest BCUT2D eigenvalue weighted by Gasteiger charge is -2.38. The van der Waals surface area contributed by atoms with Crippen molar-refractivity contribution in [2.45, 2.75) is 30.8 Å². The summed E-state index contributed by atoms with van der Waals surface area (Å²) in [5.74, 6) is 1.52. The number of rotatable bonds is 9. The zero-order chi connectivity index (χ0) is 29.0. The second-order valence-electron chi connectivity index (χ2n) is 10.6. The van der Waals surface area contributed by atoms with Crippen LogP contribution in [0, 0.1) is 0 Å². The zero-order valence-corrected chi connectivity index (χ0v) is 24.7. The number of fused-ring (bicyclic) bond motifs is 1. The number of benzene rings is 3. The van der Waals surface area contributed by atoms with Gasteiger partial charge in [-0.1, -0.05) is 30.3 Å². The van der Waals surface area contributed by atoms with E-state index in [0.29, 0.717) is 18.8 Å². The highest BCUT2D eigenvalue weighted by atomic mass is 32.2. The highest BCUT2D eigenvalue weighted by Crippen LogP contribution is 2.36. The van der Waals surface area contributed by atoms with Crippen LogP contribution in [0.25, 0.3) is 0 Å². The molecule has 3 aromatic rings. The number of hydrogen-bond acceptors (Lipinski definition) is 7. The van der Waals surface area contributed by atoms with Crippen LogP contribution in [0.1, 0.15) is 22.3 Å². The molecule has 9 nitrogen and oxygen atoms in total. The number of para-hydroxylation sites is 1. The summed E-state index contributed by atoms with van der Waals surface area (Å²) in [6.07, 6.45) is 0.943. The molecule has 10 heteroatoms. The third-order valence-electron chi connectivity index (χ3n) is 7.99. The van der Waals surface area contributed by atoms with E-state index in [4.69, 9.17) is 9.47 Å². The van der Waals surface area contributed by atoms with Crippen LogP contribution >= 0.6 is 0 Å². The number of hydrogen-bond donors (Lipinski definition) is 1. The van der Waals surface area contributed by atoms with Crippen molar-refractivity contribution in [3.05, 3.63) is 82.9 Å². The number of nitrogens with one attached hydrogen (secondary N) is 1. The summed E-state index contributed by atoms with van der Waals surface area (Å²) in [5.41, 5.74) is 5.05. The Hall–Kier alpha value is -3.60. The Labute approximate surface area is 242 Å². The van der Waals surface area contributed by atoms with Gasteiger partial charge in [0.2, 0.25) is 15.9 Å². The normalized spacial score (nSPS) is 15.9. The molecule has 5 rings (SSSR count). The monoisotopic (exact) mass is 578 g/mol. The van der Waals surface area contributed by atoms with Crippen molar-refractivity contribution in [2.75, 3.05) is 58.9 Å². The Morgan fingerprint density at radius 1 is 0.854 bits per heavy atom. The average Bonchev–Trinajstić information content (AvgIpc) is 3.00. The van der Waals surface area contributed by atoms with Gasteiger partial charge in [-0.15, -0.1) is 0 Å². The van der Waals surface area contributed by atoms with Crippen LogP contribution in [0.5, 0.6) is 11.5 Å². The number of carbonyl (C=O) groups excluding carboxylic acids is 1. The Bertz CT molecular complexity index is 1480. The fourth-order valence-corrected chi connectivity index (χ4v) is 6.56. The van der Waals surface area contributed by atoms with Crippen LogP contribution in [0.3, 0.4) is 0 Å². The standard InChI is InChI=1S/C31H38N4O5S/c1-33-16-18-34(19-17-33)28-12-13-30(40-3)26-14-15-35(22-27(26)28)31(36)20-23-8-10-25(11-9-23)41(37,38)32-21-24-6-4-5-7-29(24)39-2/h4-13,32H,14-22H2,1-3H3. The van der Waals surface area contributed by atoms with Crippen molar-refractivity contribution in [3.63, 3.8) is 0 Å². The van der Waals surface area contributed by atoms with Crippen molar-refractivity contribution < 1.29 is 22.7 Å². The summed E-state index contributed by atoms with van der Waals surface area (Å²) in [6.45, 7) is 5.18. The van der Waals surface area contributed by atoms with E-state index in [9.17, 15) is 13.2 Å². The Kier molecular flexibility index (Phi) is 8.82. The molecule has 0 spiro atoms. The molecule has 0 radical (unpaired) electrons. The van der Waals surface area contributed by atoms with Gasteiger partial charge in [-0.3, -0.25) is 4.79 Å². The van der Waals surface area contributed by atoms with Gasteiger partial charge in [-0.25, -0.2) is 13.1 Å². The van der Waals surface area contributed by atoms with Crippen LogP contribution in [0.2, 0.25) is 0 Å². The van der Waals surface area contributed by atoms with Gasteiger partial charge in [0, 0.05) is 68.2 Å². The summed E-state index contributed by atoms with van der Waals surface area (Å²) in [6, 6.07) is 18.0. The van der Waals surface area contributed by atoms with E-state index in [2.05, 4.69) is 27.6 Å². The molecule has 0 aliphatic carbocycles. The molecule has 0 saturated carbocycles. The summed E-state index contributed by atoms with van der Waals surface area (Å²) in [4.78, 5) is 20.2. The first-order chi connectivity index (χ1) is 19.8. The van der Waals surface area contributed by atoms with Gasteiger partial charge in [0.15, 0.2) is 0 Å². The number of amides is 1. The number of anilines is 1. The van der Waals surface area contributed by atoms with E-state index in [1.54, 1.807) is 44.6 Å². The lowest BCUT2D eigenvalue weighted by atomic mass is 9.95. The summed E-state index contributed by atoms with van der Waals surface area (Å²) < 4.78 is 39.4. The minimum atomic E-state index is -3.73. The molecule has 2 aliphatic rings. The fourth-order valence-electron chi connectivity index (χ4n) is 5.55. The molecule has 1 fully saturated rings. The predicted molar refractivity (Wildman–Crippen MR) is 159 cm³/mol. The fraction of sp³-hybridized carbons (Fsp3) is 0.387. The number of methoxy groups -OCH3 is 2. The van der Waals surface area contributed by atoms with E-state index < -0.39 is 10.0 Å². The minimum Gasteiger partial charge on any atom is -0.496 e. The third kappa shape index (κ3) is 6.50. The first-order valence-corrected chi connectivity index (χ1v) is 15.4. The van der Waals surface area contributed by atoms with E-state index in [1.807, 2.05) is 29.2 Å². The molecule has 0 bridgehead atoms. The molecule has 218 valence electrons. The average molecular weight is 579 g/mol. The van der Waals surface area contributed by atoms with Gasteiger partial charge >= 0.3 is 0 Å². The minimum absolute atomic E-state index is 0.0210. The van der Waals surface area contributed by atoms with Crippen LogP contribution < -0.4 is 19.1 Å². The number of piperazine rings is 1. The lowest BCUT2D eigenvalue weighted by Crippen LogP contribution is -2.45. The molecule has 2 heterocycles. The molecular weight excluding hydrogens is 540 g/mol. The molecular formula is C31H38N4O5S. The topological polar surface area (TPSA) is 91.4 Å². The van der Waals surface area contributed by atoms with Gasteiger partial charge in [0.1, 0.15) is 11.5 Å². The quantitative estimate of drug-likeness (QED) is 0.417. The second-order valence-corrected chi connectivity index (χ2v) is 12.3. The maximum Gasteiger partial charge on any atom is 0.240 e. The van der Waals surface area contributed by atoms with Gasteiger partial charge < -0.3 is 24.2 Å². The molecule has 1 N–H and O–H groups in total. The van der Waals surface area contributed by atoms with E-state index in [0.717, 1.165) is 55.0 Å². The maximum absolute atomic E-state index is 13.4. The van der Waals surface area contributed by atoms with Crippen molar-refractivity contribution >= 4 is 21.6 Å². The second kappa shape index (κ2) is 12.5. The number of sulfonamides is 1. The maximum atomic E-state index is 13.4. The van der Waals surface area contributed by atoms with E-state index >= 15 is 0 Å². The van der Waals surface area contributed by atoms with Crippen molar-refractivity contribution in [2.24, 2.45) is 0 Å². The molecule has 2 aliphatic heterocycles. The highest BCUT2D eigenvalue weighted by Gasteiger charge is 2.28. The molecule has 1 saturated heterocycles. The van der Waals surface area contributed by atoms with Crippen LogP contribution in [-0.2, 0) is 40.7 Å². The zero-order valence-electron chi connectivity index (χ0n) is 23.9. The predicted octanol–water partition coefficient (Wildman–Crippen LogP) is 3.06. The lowest BCUT2D eigenvalue weighted by molar-refractivity contribution is -0.131. The van der Waals surface area contributed by atoms with E-state index in [-0.39, 0.29) is 23.8 Å². The van der Waals surface area contributed by atoms with Gasteiger partial charge in [-0.05, 0) is 49.4 Å². The summed E-state index contributed by atoms with van der Waals surface area (Å²) in [5, 5.41) is 0. The Morgan fingerprint density at radius 2 is 1.56 bits per heavy atom. The Morgan fingerprint density at radius 3 is 2.27 bits per heavy atom. The van der Waals surface area contributed by atoms with Crippen LogP contribution in [-0.4, -0.2) is 78.1 Å². The largest absolute Gasteiger partial charge is 0.496 e. The smallest absolute Gasteiger partial charge is 0.240 e. The molecule has 0 unspecified atom stereocenters. The molecule has 1 amide bonds. The SMILES string of the molecule is COc1ccccc1CNS(=O)(=O)c1ccc(CC(=O)N2CCc3c(OC)ccc(N4CCN(C)CC4)c3C2)cc1. The first-order valence-electron chi connectivity index (χ1n) is 13.9. The van der Waals surface area contributed by atoms with Crippen molar-refractivity contribution in [1.82, 2.24) is 14.5 Å². The molecule has 41 heavy (non-hydrogen) atoms. The molecule has 0 aromatic heterocycles. The number of nitrogens with zero attached hydrogens (tertiary/aromatic N) is 3. The highest BCUT2D eigenvalue weighted by molar-refractivity contribution is 7.89. The molecule has 0 atom stereocenters. The van der Waals surface area contributed by atoms with Gasteiger partial charge in [-0.2, -0.15) is 0 Å². The Balaban J connectivity index is 1.25. The van der Waals surface area contributed by atoms with Gasteiger partial charge in [0.25, 0.3) is 0 Å². The molecule has 3 aromatic carbocycles. The van der Waals surface area contributed by atoms with Crippen LogP contribution in [0.4, 0.5) is 5.69 Å². The summed E-state index contributed by atoms with van der Waals surface area (Å²) >= 11 is 0. The third-order valence-corrected chi connectivity index (χ3v) is 9.41. The summed E-state index contributed by atoms with van der Waals surface area (Å²) in [7, 11) is 1.66. The first kappa shape index (κ1) is 28.9. The van der Waals surface area contributed by atoms with E-state index in [1.165, 1.54) is 11.3 Å². The number of carbonyl (C=O) groups is 1. The van der Waals surface area contributed by atoms with Crippen molar-refractivity contribution in [1.29, 1.82) is 0 Å².